The highest BCUT2D eigenvalue weighted by molar-refractivity contribution is 5.92. The number of amides is 1. The van der Waals surface area contributed by atoms with Gasteiger partial charge in [0.1, 0.15) is 5.69 Å². The van der Waals surface area contributed by atoms with Crippen LogP contribution in [-0.2, 0) is 0 Å². The first-order valence-electron chi connectivity index (χ1n) is 5.90. The zero-order chi connectivity index (χ0) is 12.4. The molecule has 1 aromatic rings. The highest BCUT2D eigenvalue weighted by Gasteiger charge is 2.29. The van der Waals surface area contributed by atoms with E-state index in [1.165, 1.54) is 6.20 Å². The molecule has 2 rings (SSSR count). The predicted octanol–water partition coefficient (Wildman–Crippen LogP) is -0.0976. The number of aromatic nitrogens is 2. The summed E-state index contributed by atoms with van der Waals surface area (Å²) in [6.45, 7) is 3.29. The van der Waals surface area contributed by atoms with E-state index in [1.807, 2.05) is 6.92 Å². The number of piperidine rings is 1. The standard InChI is InChI=1S/C11H18N4O2/c1-7-2-3-8(4-12)6-15(7)10(16)9-5-13-11(17)14-9/h5,7-8H,2-4,6,12H2,1H3,(H2,13,14,17). The van der Waals surface area contributed by atoms with Crippen LogP contribution in [0.1, 0.15) is 30.3 Å². The number of rotatable bonds is 2. The monoisotopic (exact) mass is 238 g/mol. The summed E-state index contributed by atoms with van der Waals surface area (Å²) in [5.41, 5.74) is 5.62. The Hall–Kier alpha value is -1.56. The molecule has 1 amide bonds. The molecule has 1 aliphatic rings. The molecule has 1 fully saturated rings. The fraction of sp³-hybridized carbons (Fsp3) is 0.636. The second-order valence-electron chi connectivity index (χ2n) is 4.64. The lowest BCUT2D eigenvalue weighted by atomic mass is 9.93. The van der Waals surface area contributed by atoms with E-state index in [0.29, 0.717) is 24.7 Å². The average molecular weight is 238 g/mol. The molecule has 2 atom stereocenters. The molecule has 1 aromatic heterocycles. The summed E-state index contributed by atoms with van der Waals surface area (Å²) >= 11 is 0. The number of likely N-dealkylation sites (tertiary alicyclic amines) is 1. The molecule has 0 aromatic carbocycles. The van der Waals surface area contributed by atoms with Crippen LogP contribution in [0, 0.1) is 5.92 Å². The van der Waals surface area contributed by atoms with Crippen molar-refractivity contribution in [1.29, 1.82) is 0 Å². The van der Waals surface area contributed by atoms with E-state index in [4.69, 9.17) is 5.73 Å². The van der Waals surface area contributed by atoms with Crippen LogP contribution in [0.15, 0.2) is 11.0 Å². The van der Waals surface area contributed by atoms with Gasteiger partial charge in [-0.25, -0.2) is 4.79 Å². The van der Waals surface area contributed by atoms with Crippen LogP contribution in [0.4, 0.5) is 0 Å². The summed E-state index contributed by atoms with van der Waals surface area (Å²) < 4.78 is 0. The highest BCUT2D eigenvalue weighted by Crippen LogP contribution is 2.22. The second-order valence-corrected chi connectivity index (χ2v) is 4.64. The molecular formula is C11H18N4O2. The lowest BCUT2D eigenvalue weighted by Crippen LogP contribution is -2.47. The van der Waals surface area contributed by atoms with E-state index in [-0.39, 0.29) is 17.6 Å². The minimum absolute atomic E-state index is 0.131. The van der Waals surface area contributed by atoms with Crippen LogP contribution >= 0.6 is 0 Å². The van der Waals surface area contributed by atoms with Gasteiger partial charge in [-0.1, -0.05) is 0 Å². The predicted molar refractivity (Wildman–Crippen MR) is 63.7 cm³/mol. The second kappa shape index (κ2) is 4.75. The molecule has 6 heteroatoms. The van der Waals surface area contributed by atoms with Crippen LogP contribution in [0.5, 0.6) is 0 Å². The minimum Gasteiger partial charge on any atom is -0.334 e. The molecule has 2 heterocycles. The largest absolute Gasteiger partial charge is 0.334 e. The first-order chi connectivity index (χ1) is 8.11. The Kier molecular flexibility index (Phi) is 3.33. The van der Waals surface area contributed by atoms with Crippen molar-refractivity contribution < 1.29 is 4.79 Å². The van der Waals surface area contributed by atoms with Gasteiger partial charge in [-0.15, -0.1) is 0 Å². The van der Waals surface area contributed by atoms with Crippen LogP contribution in [0.3, 0.4) is 0 Å². The van der Waals surface area contributed by atoms with Gasteiger partial charge in [0.2, 0.25) is 0 Å². The molecule has 6 nitrogen and oxygen atoms in total. The van der Waals surface area contributed by atoms with E-state index in [1.54, 1.807) is 4.90 Å². The lowest BCUT2D eigenvalue weighted by Gasteiger charge is -2.37. The van der Waals surface area contributed by atoms with Gasteiger partial charge in [-0.3, -0.25) is 4.79 Å². The molecule has 1 aliphatic heterocycles. The number of nitrogens with two attached hydrogens (primary N) is 1. The van der Waals surface area contributed by atoms with Gasteiger partial charge >= 0.3 is 5.69 Å². The van der Waals surface area contributed by atoms with Gasteiger partial charge in [-0.05, 0) is 32.2 Å². The van der Waals surface area contributed by atoms with Crippen LogP contribution in [0.25, 0.3) is 0 Å². The van der Waals surface area contributed by atoms with Crippen molar-refractivity contribution in [3.63, 3.8) is 0 Å². The molecule has 4 N–H and O–H groups in total. The maximum atomic E-state index is 12.2. The first-order valence-corrected chi connectivity index (χ1v) is 5.90. The number of H-pyrrole nitrogens is 2. The number of imidazole rings is 1. The van der Waals surface area contributed by atoms with Crippen LogP contribution in [0.2, 0.25) is 0 Å². The van der Waals surface area contributed by atoms with Gasteiger partial charge in [0.25, 0.3) is 5.91 Å². The zero-order valence-corrected chi connectivity index (χ0v) is 9.90. The van der Waals surface area contributed by atoms with E-state index >= 15 is 0 Å². The van der Waals surface area contributed by atoms with Gasteiger partial charge < -0.3 is 20.6 Å². The maximum absolute atomic E-state index is 12.2. The topological polar surface area (TPSA) is 95.0 Å². The number of hydrogen-bond donors (Lipinski definition) is 3. The van der Waals surface area contributed by atoms with Crippen molar-refractivity contribution >= 4 is 5.91 Å². The average Bonchev–Trinajstić information content (AvgIpc) is 2.76. The first kappa shape index (κ1) is 11.9. The number of carbonyl (C=O) groups excluding carboxylic acids is 1. The number of carbonyl (C=O) groups is 1. The zero-order valence-electron chi connectivity index (χ0n) is 9.90. The molecule has 94 valence electrons. The molecule has 0 saturated carbocycles. The molecule has 2 unspecified atom stereocenters. The Morgan fingerprint density at radius 2 is 2.35 bits per heavy atom. The molecule has 1 saturated heterocycles. The van der Waals surface area contributed by atoms with Gasteiger partial charge in [0.05, 0.1) is 0 Å². The molecule has 0 aliphatic carbocycles. The normalized spacial score (nSPS) is 24.9. The van der Waals surface area contributed by atoms with Gasteiger partial charge in [0, 0.05) is 18.8 Å². The Morgan fingerprint density at radius 1 is 1.59 bits per heavy atom. The quantitative estimate of drug-likeness (QED) is 0.671. The van der Waals surface area contributed by atoms with Crippen molar-refractivity contribution in [3.8, 4) is 0 Å². The van der Waals surface area contributed by atoms with Crippen molar-refractivity contribution in [3.05, 3.63) is 22.4 Å². The van der Waals surface area contributed by atoms with E-state index in [9.17, 15) is 9.59 Å². The lowest BCUT2D eigenvalue weighted by molar-refractivity contribution is 0.0561. The van der Waals surface area contributed by atoms with E-state index in [2.05, 4.69) is 9.97 Å². The van der Waals surface area contributed by atoms with Crippen molar-refractivity contribution in [2.45, 2.75) is 25.8 Å². The Morgan fingerprint density at radius 3 is 2.94 bits per heavy atom. The molecular weight excluding hydrogens is 220 g/mol. The van der Waals surface area contributed by atoms with Crippen molar-refractivity contribution in [2.75, 3.05) is 13.1 Å². The number of nitrogens with zero attached hydrogens (tertiary/aromatic N) is 1. The van der Waals surface area contributed by atoms with E-state index in [0.717, 1.165) is 12.8 Å². The van der Waals surface area contributed by atoms with E-state index < -0.39 is 0 Å². The third-order valence-electron chi connectivity index (χ3n) is 3.40. The summed E-state index contributed by atoms with van der Waals surface area (Å²) in [6, 6.07) is 0.198. The summed E-state index contributed by atoms with van der Waals surface area (Å²) in [7, 11) is 0. The summed E-state index contributed by atoms with van der Waals surface area (Å²) in [4.78, 5) is 29.9. The Balaban J connectivity index is 2.14. The van der Waals surface area contributed by atoms with Crippen molar-refractivity contribution in [2.24, 2.45) is 11.7 Å². The van der Waals surface area contributed by atoms with Gasteiger partial charge in [0.15, 0.2) is 0 Å². The van der Waals surface area contributed by atoms with Gasteiger partial charge in [-0.2, -0.15) is 0 Å². The molecule has 0 bridgehead atoms. The minimum atomic E-state index is -0.353. The Labute approximate surface area is 99.2 Å². The van der Waals surface area contributed by atoms with Crippen LogP contribution < -0.4 is 11.4 Å². The Bertz CT molecular complexity index is 450. The summed E-state index contributed by atoms with van der Waals surface area (Å²) in [5.74, 6) is 0.231. The van der Waals surface area contributed by atoms with Crippen LogP contribution in [-0.4, -0.2) is 39.9 Å². The van der Waals surface area contributed by atoms with Crippen molar-refractivity contribution in [1.82, 2.24) is 14.9 Å². The third-order valence-corrected chi connectivity index (χ3v) is 3.40. The molecule has 0 radical (unpaired) electrons. The molecule has 0 spiro atoms. The SMILES string of the molecule is CC1CCC(CN)CN1C(=O)c1c[nH]c(=O)[nH]1. The molecule has 17 heavy (non-hydrogen) atoms. The number of hydrogen-bond acceptors (Lipinski definition) is 3. The summed E-state index contributed by atoms with van der Waals surface area (Å²) in [5, 5.41) is 0. The number of aromatic amines is 2. The number of nitrogens with one attached hydrogen (secondary N) is 2. The maximum Gasteiger partial charge on any atom is 0.323 e. The fourth-order valence-corrected chi connectivity index (χ4v) is 2.26. The summed E-state index contributed by atoms with van der Waals surface area (Å²) in [6.07, 6.45) is 3.44. The third kappa shape index (κ3) is 2.41. The smallest absolute Gasteiger partial charge is 0.323 e. The highest BCUT2D eigenvalue weighted by atomic mass is 16.2. The fourth-order valence-electron chi connectivity index (χ4n) is 2.26.